The molecule has 0 atom stereocenters. The van der Waals surface area contributed by atoms with Crippen molar-refractivity contribution >= 4 is 16.8 Å². The molecule has 0 aliphatic carbocycles. The number of carbonyl (C=O) groups is 1. The topological polar surface area (TPSA) is 39.1 Å². The molecule has 15 heavy (non-hydrogen) atoms. The molecule has 3 nitrogen and oxygen atoms in total. The van der Waals surface area contributed by atoms with E-state index in [0.717, 1.165) is 13.1 Å². The zero-order valence-electron chi connectivity index (χ0n) is 7.43. The van der Waals surface area contributed by atoms with Crippen molar-refractivity contribution in [1.82, 2.24) is 4.57 Å². The number of rotatable bonds is 1. The summed E-state index contributed by atoms with van der Waals surface area (Å²) < 4.78 is 37.3. The molecule has 0 bridgehead atoms. The number of hydrogen-bond acceptors (Lipinski definition) is 2. The smallest absolute Gasteiger partial charge is 0.307 e. The minimum atomic E-state index is -4.73. The van der Waals surface area contributed by atoms with Crippen LogP contribution in [0.4, 0.5) is 13.2 Å². The first-order valence-corrected chi connectivity index (χ1v) is 4.10. The van der Waals surface area contributed by atoms with Gasteiger partial charge < -0.3 is 4.57 Å². The van der Waals surface area contributed by atoms with Gasteiger partial charge in [0.1, 0.15) is 11.3 Å². The Hall–Kier alpha value is -1.30. The summed E-state index contributed by atoms with van der Waals surface area (Å²) in [6.45, 7) is 0. The summed E-state index contributed by atoms with van der Waals surface area (Å²) in [5.41, 5.74) is -2.91. The van der Waals surface area contributed by atoms with Crippen LogP contribution in [-0.4, -0.2) is 9.81 Å². The minimum absolute atomic E-state index is 0.283. The predicted molar refractivity (Wildman–Crippen MR) is 46.9 cm³/mol. The Morgan fingerprint density at radius 3 is 2.33 bits per heavy atom. The van der Waals surface area contributed by atoms with Gasteiger partial charge in [-0.25, -0.2) is 0 Å². The molecule has 1 rings (SSSR count). The first kappa shape index (κ1) is 11.8. The molecule has 1 heterocycles. The van der Waals surface area contributed by atoms with Gasteiger partial charge in [-0.05, 0) is 23.7 Å². The Morgan fingerprint density at radius 2 is 1.93 bits per heavy atom. The number of halogens is 4. The van der Waals surface area contributed by atoms with Crippen LogP contribution < -0.4 is 5.56 Å². The third-order valence-electron chi connectivity index (χ3n) is 1.81. The average molecular weight is 240 g/mol. The largest absolute Gasteiger partial charge is 0.421 e. The highest BCUT2D eigenvalue weighted by Gasteiger charge is 2.34. The first-order chi connectivity index (χ1) is 6.75. The lowest BCUT2D eigenvalue weighted by atomic mass is 10.2. The van der Waals surface area contributed by atoms with Crippen molar-refractivity contribution < 1.29 is 18.0 Å². The maximum atomic E-state index is 12.2. The van der Waals surface area contributed by atoms with Crippen molar-refractivity contribution in [2.75, 3.05) is 0 Å². The van der Waals surface area contributed by atoms with Crippen LogP contribution in [0.25, 0.3) is 0 Å². The normalized spacial score (nSPS) is 11.5. The standard InChI is InChI=1S/C8H5ClF3NO2/c1-13-5(6(9)14)3-2-4(7(13)15)8(10,11)12/h2-3H,1H3. The molecule has 0 saturated heterocycles. The van der Waals surface area contributed by atoms with E-state index in [4.69, 9.17) is 11.6 Å². The van der Waals surface area contributed by atoms with Gasteiger partial charge in [-0.1, -0.05) is 0 Å². The van der Waals surface area contributed by atoms with Gasteiger partial charge in [0.15, 0.2) is 0 Å². The maximum Gasteiger partial charge on any atom is 0.421 e. The summed E-state index contributed by atoms with van der Waals surface area (Å²) in [5, 5.41) is -0.983. The Kier molecular flexibility index (Phi) is 2.90. The maximum absolute atomic E-state index is 12.2. The molecule has 0 aliphatic heterocycles. The molecule has 0 fully saturated rings. The van der Waals surface area contributed by atoms with E-state index in [-0.39, 0.29) is 5.69 Å². The van der Waals surface area contributed by atoms with Crippen LogP contribution in [0.15, 0.2) is 16.9 Å². The molecule has 0 spiro atoms. The number of nitrogens with zero attached hydrogens (tertiary/aromatic N) is 1. The van der Waals surface area contributed by atoms with Crippen LogP contribution in [0.3, 0.4) is 0 Å². The monoisotopic (exact) mass is 239 g/mol. The Morgan fingerprint density at radius 1 is 1.40 bits per heavy atom. The number of alkyl halides is 3. The quantitative estimate of drug-likeness (QED) is 0.701. The third-order valence-corrected chi connectivity index (χ3v) is 2.00. The molecular weight excluding hydrogens is 235 g/mol. The van der Waals surface area contributed by atoms with Crippen LogP contribution in [0.2, 0.25) is 0 Å². The lowest BCUT2D eigenvalue weighted by Crippen LogP contribution is -2.29. The fourth-order valence-corrected chi connectivity index (χ4v) is 1.24. The summed E-state index contributed by atoms with van der Waals surface area (Å²) >= 11 is 5.07. The van der Waals surface area contributed by atoms with Gasteiger partial charge in [-0.2, -0.15) is 13.2 Å². The number of hydrogen-bond donors (Lipinski definition) is 0. The van der Waals surface area contributed by atoms with E-state index < -0.39 is 22.5 Å². The molecule has 0 saturated carbocycles. The fraction of sp³-hybridized carbons (Fsp3) is 0.250. The van der Waals surface area contributed by atoms with E-state index in [1.807, 2.05) is 0 Å². The van der Waals surface area contributed by atoms with E-state index in [1.54, 1.807) is 0 Å². The van der Waals surface area contributed by atoms with E-state index in [9.17, 15) is 22.8 Å². The second-order valence-electron chi connectivity index (χ2n) is 2.77. The molecule has 7 heteroatoms. The molecule has 82 valence electrons. The summed E-state index contributed by atoms with van der Waals surface area (Å²) in [5.74, 6) is 0. The number of pyridine rings is 1. The zero-order valence-corrected chi connectivity index (χ0v) is 8.19. The van der Waals surface area contributed by atoms with E-state index >= 15 is 0 Å². The summed E-state index contributed by atoms with van der Waals surface area (Å²) in [7, 11) is 1.05. The van der Waals surface area contributed by atoms with E-state index in [2.05, 4.69) is 0 Å². The van der Waals surface area contributed by atoms with Crippen molar-refractivity contribution in [2.24, 2.45) is 7.05 Å². The van der Waals surface area contributed by atoms with Crippen LogP contribution in [0, 0.1) is 0 Å². The summed E-state index contributed by atoms with van der Waals surface area (Å²) in [6, 6.07) is 1.40. The van der Waals surface area contributed by atoms with Gasteiger partial charge in [0, 0.05) is 7.05 Å². The fourth-order valence-electron chi connectivity index (χ4n) is 1.05. The second kappa shape index (κ2) is 3.69. The van der Waals surface area contributed by atoms with Crippen LogP contribution in [0.1, 0.15) is 16.1 Å². The summed E-state index contributed by atoms with van der Waals surface area (Å²) in [6.07, 6.45) is -4.73. The molecule has 0 radical (unpaired) electrons. The molecule has 0 unspecified atom stereocenters. The molecular formula is C8H5ClF3NO2. The van der Waals surface area contributed by atoms with Gasteiger partial charge in [0.05, 0.1) is 0 Å². The molecule has 0 aromatic carbocycles. The molecule has 0 amide bonds. The predicted octanol–water partition coefficient (Wildman–Crippen LogP) is 1.78. The lowest BCUT2D eigenvalue weighted by Gasteiger charge is -2.09. The van der Waals surface area contributed by atoms with Crippen molar-refractivity contribution in [3.05, 3.63) is 33.7 Å². The van der Waals surface area contributed by atoms with Crippen molar-refractivity contribution in [1.29, 1.82) is 0 Å². The lowest BCUT2D eigenvalue weighted by molar-refractivity contribution is -0.138. The SMILES string of the molecule is Cn1c(C(=O)Cl)ccc(C(F)(F)F)c1=O. The van der Waals surface area contributed by atoms with Gasteiger partial charge in [-0.15, -0.1) is 0 Å². The number of aromatic nitrogens is 1. The minimum Gasteiger partial charge on any atom is -0.307 e. The molecule has 1 aromatic heterocycles. The van der Waals surface area contributed by atoms with Crippen LogP contribution in [-0.2, 0) is 13.2 Å². The average Bonchev–Trinajstić information content (AvgIpc) is 2.06. The highest BCUT2D eigenvalue weighted by atomic mass is 35.5. The van der Waals surface area contributed by atoms with Gasteiger partial charge in [-0.3, -0.25) is 9.59 Å². The van der Waals surface area contributed by atoms with Crippen LogP contribution >= 0.6 is 11.6 Å². The Balaban J connectivity index is 3.48. The van der Waals surface area contributed by atoms with E-state index in [0.29, 0.717) is 10.6 Å². The van der Waals surface area contributed by atoms with Crippen molar-refractivity contribution in [2.45, 2.75) is 6.18 Å². The third kappa shape index (κ3) is 2.20. The highest BCUT2D eigenvalue weighted by molar-refractivity contribution is 6.67. The molecule has 0 N–H and O–H groups in total. The van der Waals surface area contributed by atoms with Gasteiger partial charge in [0.25, 0.3) is 10.8 Å². The second-order valence-corrected chi connectivity index (χ2v) is 3.11. The molecule has 0 aliphatic rings. The Bertz CT molecular complexity index is 464. The van der Waals surface area contributed by atoms with Gasteiger partial charge >= 0.3 is 6.18 Å². The Labute approximate surface area is 87.1 Å². The zero-order chi connectivity index (χ0) is 11.8. The van der Waals surface area contributed by atoms with Gasteiger partial charge in [0.2, 0.25) is 0 Å². The number of carbonyl (C=O) groups excluding carboxylic acids is 1. The first-order valence-electron chi connectivity index (χ1n) is 3.72. The van der Waals surface area contributed by atoms with Crippen molar-refractivity contribution in [3.8, 4) is 0 Å². The van der Waals surface area contributed by atoms with E-state index in [1.165, 1.54) is 0 Å². The molecule has 1 aromatic rings. The summed E-state index contributed by atoms with van der Waals surface area (Å²) in [4.78, 5) is 21.9. The van der Waals surface area contributed by atoms with Crippen LogP contribution in [0.5, 0.6) is 0 Å². The highest BCUT2D eigenvalue weighted by Crippen LogP contribution is 2.26. The van der Waals surface area contributed by atoms with Crippen molar-refractivity contribution in [3.63, 3.8) is 0 Å².